The van der Waals surface area contributed by atoms with Crippen LogP contribution < -0.4 is 10.2 Å². The fraction of sp³-hybridized carbons (Fsp3) is 0.211. The summed E-state index contributed by atoms with van der Waals surface area (Å²) in [5, 5.41) is 3.30. The molecule has 26 heavy (non-hydrogen) atoms. The second-order valence-electron chi connectivity index (χ2n) is 6.12. The van der Waals surface area contributed by atoms with Gasteiger partial charge in [0.15, 0.2) is 10.9 Å². The molecule has 132 valence electrons. The highest BCUT2D eigenvalue weighted by molar-refractivity contribution is 7.16. The van der Waals surface area contributed by atoms with E-state index >= 15 is 0 Å². The molecule has 0 atom stereocenters. The summed E-state index contributed by atoms with van der Waals surface area (Å²) in [5.74, 6) is -0.00752. The van der Waals surface area contributed by atoms with E-state index in [9.17, 15) is 9.59 Å². The lowest BCUT2D eigenvalue weighted by molar-refractivity contribution is -0.116. The highest BCUT2D eigenvalue weighted by atomic mass is 32.1. The van der Waals surface area contributed by atoms with E-state index in [4.69, 9.17) is 4.42 Å². The molecular formula is C19H17N3O3S. The highest BCUT2D eigenvalue weighted by Gasteiger charge is 2.23. The van der Waals surface area contributed by atoms with Gasteiger partial charge in [0.1, 0.15) is 0 Å². The lowest BCUT2D eigenvalue weighted by Crippen LogP contribution is -2.25. The van der Waals surface area contributed by atoms with Gasteiger partial charge in [-0.3, -0.25) is 14.9 Å². The smallest absolute Gasteiger partial charge is 0.293 e. The molecule has 6 nitrogen and oxygen atoms in total. The van der Waals surface area contributed by atoms with Crippen LogP contribution in [0.15, 0.2) is 41.0 Å². The third kappa shape index (κ3) is 2.90. The second kappa shape index (κ2) is 6.42. The van der Waals surface area contributed by atoms with Crippen molar-refractivity contribution in [2.45, 2.75) is 20.3 Å². The number of amides is 2. The summed E-state index contributed by atoms with van der Waals surface area (Å²) in [4.78, 5) is 31.2. The second-order valence-corrected chi connectivity index (χ2v) is 7.32. The fourth-order valence-corrected chi connectivity index (χ4v) is 3.99. The third-order valence-electron chi connectivity index (χ3n) is 4.39. The number of hydrogen-bond acceptors (Lipinski definition) is 5. The quantitative estimate of drug-likeness (QED) is 0.762. The Hall–Kier alpha value is -2.93. The number of aromatic nitrogens is 1. The topological polar surface area (TPSA) is 75.4 Å². The van der Waals surface area contributed by atoms with Crippen molar-refractivity contribution in [3.63, 3.8) is 0 Å². The van der Waals surface area contributed by atoms with Crippen molar-refractivity contribution in [1.82, 2.24) is 4.98 Å². The Morgan fingerprint density at radius 2 is 2.15 bits per heavy atom. The number of carbonyl (C=O) groups excluding carboxylic acids is 2. The fourth-order valence-electron chi connectivity index (χ4n) is 3.16. The molecule has 1 aliphatic rings. The Balaban J connectivity index is 1.60. The minimum absolute atomic E-state index is 0.0595. The van der Waals surface area contributed by atoms with E-state index in [1.807, 2.05) is 19.1 Å². The third-order valence-corrected chi connectivity index (χ3v) is 5.28. The van der Waals surface area contributed by atoms with Crippen LogP contribution in [-0.2, 0) is 11.2 Å². The predicted octanol–water partition coefficient (Wildman–Crippen LogP) is 3.87. The molecule has 2 amide bonds. The molecule has 0 spiro atoms. The number of fused-ring (bicyclic) bond motifs is 1. The summed E-state index contributed by atoms with van der Waals surface area (Å²) in [6.45, 7) is 4.28. The average Bonchev–Trinajstić information content (AvgIpc) is 3.33. The van der Waals surface area contributed by atoms with Crippen LogP contribution in [0.5, 0.6) is 0 Å². The summed E-state index contributed by atoms with van der Waals surface area (Å²) < 4.78 is 5.10. The Morgan fingerprint density at radius 1 is 1.31 bits per heavy atom. The van der Waals surface area contributed by atoms with Crippen molar-refractivity contribution in [1.29, 1.82) is 0 Å². The first-order valence-corrected chi connectivity index (χ1v) is 9.08. The molecular weight excluding hydrogens is 350 g/mol. The van der Waals surface area contributed by atoms with E-state index in [1.165, 1.54) is 17.6 Å². The number of thiazole rings is 1. The number of rotatable bonds is 3. The van der Waals surface area contributed by atoms with Gasteiger partial charge in [-0.15, -0.1) is 11.3 Å². The lowest BCUT2D eigenvalue weighted by atomic mass is 10.1. The first-order valence-electron chi connectivity index (χ1n) is 8.26. The van der Waals surface area contributed by atoms with E-state index in [0.29, 0.717) is 11.7 Å². The summed E-state index contributed by atoms with van der Waals surface area (Å²) >= 11 is 1.42. The average molecular weight is 367 g/mol. The number of hydrogen-bond donors (Lipinski definition) is 1. The zero-order valence-electron chi connectivity index (χ0n) is 14.4. The molecule has 1 aromatic carbocycles. The van der Waals surface area contributed by atoms with Gasteiger partial charge in [0, 0.05) is 29.6 Å². The molecule has 3 aromatic rings. The van der Waals surface area contributed by atoms with Crippen molar-refractivity contribution in [3.05, 3.63) is 52.8 Å². The molecule has 0 fully saturated rings. The molecule has 3 heterocycles. The van der Waals surface area contributed by atoms with E-state index < -0.39 is 0 Å². The number of nitrogens with zero attached hydrogens (tertiary/aromatic N) is 2. The van der Waals surface area contributed by atoms with E-state index in [1.54, 1.807) is 24.0 Å². The molecule has 0 radical (unpaired) electrons. The maximum absolute atomic E-state index is 12.1. The summed E-state index contributed by atoms with van der Waals surface area (Å²) in [6, 6.07) is 9.30. The van der Waals surface area contributed by atoms with Gasteiger partial charge in [-0.2, -0.15) is 0 Å². The number of aryl methyl sites for hydroxylation is 1. The molecule has 1 aliphatic heterocycles. The Labute approximate surface area is 154 Å². The first-order chi connectivity index (χ1) is 12.5. The molecule has 2 aromatic heterocycles. The minimum Gasteiger partial charge on any atom is -0.459 e. The van der Waals surface area contributed by atoms with Crippen molar-refractivity contribution in [2.24, 2.45) is 0 Å². The van der Waals surface area contributed by atoms with Crippen LogP contribution in [0.4, 0.5) is 10.8 Å². The van der Waals surface area contributed by atoms with E-state index in [0.717, 1.165) is 33.8 Å². The van der Waals surface area contributed by atoms with Crippen LogP contribution in [0.3, 0.4) is 0 Å². The minimum atomic E-state index is -0.318. The summed E-state index contributed by atoms with van der Waals surface area (Å²) in [7, 11) is 0. The van der Waals surface area contributed by atoms with Gasteiger partial charge < -0.3 is 9.32 Å². The first kappa shape index (κ1) is 16.5. The molecule has 4 rings (SSSR count). The van der Waals surface area contributed by atoms with Gasteiger partial charge >= 0.3 is 0 Å². The Bertz CT molecular complexity index is 992. The highest BCUT2D eigenvalue weighted by Crippen LogP contribution is 2.35. The number of benzene rings is 1. The zero-order valence-corrected chi connectivity index (χ0v) is 15.2. The van der Waals surface area contributed by atoms with Gasteiger partial charge in [-0.25, -0.2) is 4.98 Å². The normalized spacial score (nSPS) is 12.9. The Morgan fingerprint density at radius 3 is 2.88 bits per heavy atom. The van der Waals surface area contributed by atoms with Gasteiger partial charge in [0.25, 0.3) is 5.91 Å². The molecule has 0 aliphatic carbocycles. The van der Waals surface area contributed by atoms with Gasteiger partial charge in [-0.1, -0.05) is 6.07 Å². The molecule has 0 unspecified atom stereocenters. The molecule has 0 saturated heterocycles. The zero-order chi connectivity index (χ0) is 18.3. The van der Waals surface area contributed by atoms with Crippen molar-refractivity contribution in [3.8, 4) is 11.3 Å². The maximum atomic E-state index is 12.1. The summed E-state index contributed by atoms with van der Waals surface area (Å²) in [6.07, 6.45) is 2.30. The van der Waals surface area contributed by atoms with Crippen LogP contribution >= 0.6 is 11.3 Å². The Kier molecular flexibility index (Phi) is 4.08. The number of furan rings is 1. The van der Waals surface area contributed by atoms with Crippen LogP contribution in [0.2, 0.25) is 0 Å². The largest absolute Gasteiger partial charge is 0.459 e. The monoisotopic (exact) mass is 367 g/mol. The van der Waals surface area contributed by atoms with E-state index in [-0.39, 0.29) is 17.6 Å². The standard InChI is InChI=1S/C19H17N3O3S/c1-11-17(20-19(26-11)21-18(24)16-4-3-9-25-16)14-5-6-15-13(10-14)7-8-22(15)12(2)23/h3-6,9-10H,7-8H2,1-2H3,(H,20,21,24). The SMILES string of the molecule is CC(=O)N1CCc2cc(-c3nc(NC(=O)c4ccco4)sc3C)ccc21. The summed E-state index contributed by atoms with van der Waals surface area (Å²) in [5.41, 5.74) is 3.95. The number of anilines is 2. The van der Waals surface area contributed by atoms with Crippen LogP contribution in [0, 0.1) is 6.92 Å². The lowest BCUT2D eigenvalue weighted by Gasteiger charge is -2.14. The molecule has 0 saturated carbocycles. The van der Waals surface area contributed by atoms with Crippen molar-refractivity contribution in [2.75, 3.05) is 16.8 Å². The number of nitrogens with one attached hydrogen (secondary N) is 1. The molecule has 1 N–H and O–H groups in total. The van der Waals surface area contributed by atoms with Crippen LogP contribution in [0.25, 0.3) is 11.3 Å². The maximum Gasteiger partial charge on any atom is 0.293 e. The number of carbonyl (C=O) groups is 2. The van der Waals surface area contributed by atoms with Crippen LogP contribution in [-0.4, -0.2) is 23.3 Å². The predicted molar refractivity (Wildman–Crippen MR) is 101 cm³/mol. The molecule has 0 bridgehead atoms. The molecule has 7 heteroatoms. The van der Waals surface area contributed by atoms with Gasteiger partial charge in [0.2, 0.25) is 5.91 Å². The van der Waals surface area contributed by atoms with Crippen molar-refractivity contribution >= 4 is 34.0 Å². The van der Waals surface area contributed by atoms with Gasteiger partial charge in [0.05, 0.1) is 12.0 Å². The van der Waals surface area contributed by atoms with Gasteiger partial charge in [-0.05, 0) is 43.2 Å². The van der Waals surface area contributed by atoms with Crippen molar-refractivity contribution < 1.29 is 14.0 Å². The van der Waals surface area contributed by atoms with Crippen LogP contribution in [0.1, 0.15) is 27.9 Å². The van der Waals surface area contributed by atoms with E-state index in [2.05, 4.69) is 16.4 Å².